The Morgan fingerprint density at radius 2 is 1.62 bits per heavy atom. The Hall–Kier alpha value is -5.28. The van der Waals surface area contributed by atoms with Gasteiger partial charge in [-0.3, -0.25) is 15.1 Å². The van der Waals surface area contributed by atoms with Gasteiger partial charge < -0.3 is 10.3 Å². The maximum absolute atomic E-state index is 15.3. The van der Waals surface area contributed by atoms with Crippen LogP contribution in [0, 0.1) is 5.82 Å². The predicted octanol–water partition coefficient (Wildman–Crippen LogP) is 6.05. The number of hydrogen-bond acceptors (Lipinski definition) is 6. The van der Waals surface area contributed by atoms with E-state index in [1.807, 2.05) is 54.7 Å². The number of nitrogens with zero attached hydrogens (tertiary/aromatic N) is 5. The summed E-state index contributed by atoms with van der Waals surface area (Å²) in [6.45, 7) is 1.39. The molecule has 0 aliphatic carbocycles. The first kappa shape index (κ1) is 23.8. The Balaban J connectivity index is 1.23. The molecule has 40 heavy (non-hydrogen) atoms. The normalized spacial score (nSPS) is 11.4. The van der Waals surface area contributed by atoms with Gasteiger partial charge in [0.2, 0.25) is 0 Å². The summed E-state index contributed by atoms with van der Waals surface area (Å²) >= 11 is 0. The number of benzene rings is 2. The van der Waals surface area contributed by atoms with E-state index in [0.717, 1.165) is 28.8 Å². The molecule has 0 bridgehead atoms. The van der Waals surface area contributed by atoms with E-state index < -0.39 is 5.82 Å². The van der Waals surface area contributed by atoms with Crippen LogP contribution in [0.1, 0.15) is 11.1 Å². The molecule has 5 heterocycles. The minimum absolute atomic E-state index is 0.315. The molecule has 0 amide bonds. The standard InChI is InChI=1S/C31H23FN8/c32-26-14-22(23-12-20(17-35-18-23)16-34-15-19-4-2-1-3-5-19)13-25-27(26)39-40-29(25)31-37-28-24(8-11-36-30(28)38-31)21-6-9-33-10-7-21/h1-14,17-18,34H,15-16H2,(H,39,40)(H,36,37,38). The number of aromatic amines is 2. The lowest BCUT2D eigenvalue weighted by molar-refractivity contribution is 0.636. The highest BCUT2D eigenvalue weighted by Gasteiger charge is 2.18. The first-order valence-corrected chi connectivity index (χ1v) is 12.8. The highest BCUT2D eigenvalue weighted by atomic mass is 19.1. The average Bonchev–Trinajstić information content (AvgIpc) is 3.63. The molecule has 0 fully saturated rings. The van der Waals surface area contributed by atoms with Crippen LogP contribution in [0.5, 0.6) is 0 Å². The van der Waals surface area contributed by atoms with Gasteiger partial charge in [-0.2, -0.15) is 5.10 Å². The molecule has 0 saturated carbocycles. The number of H-pyrrole nitrogens is 2. The molecule has 3 N–H and O–H groups in total. The molecular formula is C31H23FN8. The molecule has 0 aliphatic rings. The molecule has 5 aromatic heterocycles. The number of imidazole rings is 1. The van der Waals surface area contributed by atoms with E-state index in [4.69, 9.17) is 4.98 Å². The van der Waals surface area contributed by atoms with E-state index in [1.165, 1.54) is 11.6 Å². The maximum atomic E-state index is 15.3. The molecule has 9 heteroatoms. The number of rotatable bonds is 7. The fourth-order valence-electron chi connectivity index (χ4n) is 4.90. The first-order chi connectivity index (χ1) is 19.7. The van der Waals surface area contributed by atoms with Crippen LogP contribution >= 0.6 is 0 Å². The van der Waals surface area contributed by atoms with Gasteiger partial charge in [0, 0.05) is 60.6 Å². The van der Waals surface area contributed by atoms with Crippen LogP contribution in [0.3, 0.4) is 0 Å². The number of aromatic nitrogens is 7. The number of fused-ring (bicyclic) bond motifs is 2. The van der Waals surface area contributed by atoms with Gasteiger partial charge in [-0.05, 0) is 58.7 Å². The van der Waals surface area contributed by atoms with Crippen LogP contribution < -0.4 is 5.32 Å². The molecular weight excluding hydrogens is 503 g/mol. The Labute approximate surface area is 228 Å². The molecule has 7 rings (SSSR count). The van der Waals surface area contributed by atoms with Crippen molar-refractivity contribution >= 4 is 22.1 Å². The highest BCUT2D eigenvalue weighted by molar-refractivity contribution is 5.97. The lowest BCUT2D eigenvalue weighted by Gasteiger charge is -2.08. The summed E-state index contributed by atoms with van der Waals surface area (Å²) in [5.74, 6) is 0.106. The summed E-state index contributed by atoms with van der Waals surface area (Å²) in [7, 11) is 0. The lowest BCUT2D eigenvalue weighted by Crippen LogP contribution is -2.12. The third-order valence-corrected chi connectivity index (χ3v) is 6.85. The zero-order valence-electron chi connectivity index (χ0n) is 21.3. The molecule has 194 valence electrons. The molecule has 2 aromatic carbocycles. The van der Waals surface area contributed by atoms with Crippen molar-refractivity contribution in [1.82, 2.24) is 40.4 Å². The van der Waals surface area contributed by atoms with Gasteiger partial charge in [0.05, 0.1) is 0 Å². The fourth-order valence-corrected chi connectivity index (χ4v) is 4.90. The van der Waals surface area contributed by atoms with Gasteiger partial charge in [0.25, 0.3) is 0 Å². The Morgan fingerprint density at radius 1 is 0.775 bits per heavy atom. The second-order valence-corrected chi connectivity index (χ2v) is 9.50. The molecule has 0 radical (unpaired) electrons. The van der Waals surface area contributed by atoms with Gasteiger partial charge in [0.1, 0.15) is 22.5 Å². The molecule has 8 nitrogen and oxygen atoms in total. The topological polar surface area (TPSA) is 108 Å². The van der Waals surface area contributed by atoms with E-state index in [0.29, 0.717) is 45.7 Å². The van der Waals surface area contributed by atoms with Crippen LogP contribution in [0.25, 0.3) is 55.8 Å². The van der Waals surface area contributed by atoms with Crippen LogP contribution in [-0.4, -0.2) is 35.1 Å². The second-order valence-electron chi connectivity index (χ2n) is 9.50. The Kier molecular flexibility index (Phi) is 6.02. The average molecular weight is 527 g/mol. The van der Waals surface area contributed by atoms with Crippen LogP contribution in [0.15, 0.2) is 97.7 Å². The number of hydrogen-bond donors (Lipinski definition) is 3. The molecule has 7 aromatic rings. The molecule has 0 saturated heterocycles. The highest BCUT2D eigenvalue weighted by Crippen LogP contribution is 2.33. The molecule has 0 aliphatic heterocycles. The lowest BCUT2D eigenvalue weighted by atomic mass is 10.0. The summed E-state index contributed by atoms with van der Waals surface area (Å²) in [6, 6.07) is 21.4. The van der Waals surface area contributed by atoms with Crippen molar-refractivity contribution in [1.29, 1.82) is 0 Å². The fraction of sp³-hybridized carbons (Fsp3) is 0.0645. The van der Waals surface area contributed by atoms with Gasteiger partial charge in [-0.25, -0.2) is 14.4 Å². The zero-order chi connectivity index (χ0) is 26.9. The number of nitrogens with one attached hydrogen (secondary N) is 3. The van der Waals surface area contributed by atoms with Crippen LogP contribution in [-0.2, 0) is 13.1 Å². The van der Waals surface area contributed by atoms with Crippen LogP contribution in [0.4, 0.5) is 4.39 Å². The summed E-state index contributed by atoms with van der Waals surface area (Å²) in [5, 5.41) is 11.3. The van der Waals surface area contributed by atoms with Crippen molar-refractivity contribution in [2.24, 2.45) is 0 Å². The van der Waals surface area contributed by atoms with Crippen LogP contribution in [0.2, 0.25) is 0 Å². The smallest absolute Gasteiger partial charge is 0.160 e. The van der Waals surface area contributed by atoms with E-state index in [-0.39, 0.29) is 0 Å². The van der Waals surface area contributed by atoms with Gasteiger partial charge in [-0.1, -0.05) is 30.3 Å². The quantitative estimate of drug-likeness (QED) is 0.233. The van der Waals surface area contributed by atoms with Crippen molar-refractivity contribution in [2.75, 3.05) is 0 Å². The summed E-state index contributed by atoms with van der Waals surface area (Å²) < 4.78 is 15.3. The van der Waals surface area contributed by atoms with Gasteiger partial charge in [0.15, 0.2) is 11.5 Å². The second kappa shape index (κ2) is 10.1. The Morgan fingerprint density at radius 3 is 2.50 bits per heavy atom. The van der Waals surface area contributed by atoms with Crippen molar-refractivity contribution in [2.45, 2.75) is 13.1 Å². The van der Waals surface area contributed by atoms with Crippen molar-refractivity contribution in [3.8, 4) is 33.8 Å². The summed E-state index contributed by atoms with van der Waals surface area (Å²) in [6.07, 6.45) is 8.78. The number of pyridine rings is 3. The Bertz CT molecular complexity index is 1950. The largest absolute Gasteiger partial charge is 0.321 e. The molecule has 0 spiro atoms. The minimum atomic E-state index is -0.398. The SMILES string of the molecule is Fc1cc(-c2cncc(CNCc3ccccc3)c2)cc2c(-c3nc4c(-c5ccncc5)ccnc4[nH]3)n[nH]c12. The summed E-state index contributed by atoms with van der Waals surface area (Å²) in [5.41, 5.74) is 7.80. The van der Waals surface area contributed by atoms with Gasteiger partial charge in [-0.15, -0.1) is 0 Å². The number of halogens is 1. The predicted molar refractivity (Wildman–Crippen MR) is 152 cm³/mol. The van der Waals surface area contributed by atoms with E-state index >= 15 is 4.39 Å². The maximum Gasteiger partial charge on any atom is 0.160 e. The van der Waals surface area contributed by atoms with E-state index in [9.17, 15) is 0 Å². The molecule has 0 unspecified atom stereocenters. The third-order valence-electron chi connectivity index (χ3n) is 6.85. The summed E-state index contributed by atoms with van der Waals surface area (Å²) in [4.78, 5) is 21.1. The minimum Gasteiger partial charge on any atom is -0.321 e. The zero-order valence-corrected chi connectivity index (χ0v) is 21.3. The van der Waals surface area contributed by atoms with Crippen molar-refractivity contribution in [3.05, 3.63) is 115 Å². The van der Waals surface area contributed by atoms with Crippen molar-refractivity contribution < 1.29 is 4.39 Å². The van der Waals surface area contributed by atoms with E-state index in [2.05, 4.69) is 47.6 Å². The molecule has 0 atom stereocenters. The first-order valence-electron chi connectivity index (χ1n) is 12.8. The van der Waals surface area contributed by atoms with Crippen molar-refractivity contribution in [3.63, 3.8) is 0 Å². The van der Waals surface area contributed by atoms with E-state index in [1.54, 1.807) is 24.8 Å². The monoisotopic (exact) mass is 526 g/mol. The third kappa shape index (κ3) is 4.48. The van der Waals surface area contributed by atoms with Gasteiger partial charge >= 0.3 is 0 Å².